The molecule has 0 radical (unpaired) electrons. The molecule has 7 heteroatoms. The highest BCUT2D eigenvalue weighted by Gasteiger charge is 2.33. The molecular weight excluding hydrogens is 336 g/mol. The van der Waals surface area contributed by atoms with Crippen LogP contribution in [0.2, 0.25) is 0 Å². The molecule has 0 unspecified atom stereocenters. The SMILES string of the molecule is O=C(O)COc1ccccc1C=C1NC(=O)N(Cc2ccccc2)C1=O. The Labute approximate surface area is 149 Å². The number of carboxylic acid groups (broad SMARTS) is 1. The van der Waals surface area contributed by atoms with Crippen LogP contribution in [-0.4, -0.2) is 34.5 Å². The third-order valence-corrected chi connectivity index (χ3v) is 3.72. The highest BCUT2D eigenvalue weighted by molar-refractivity contribution is 6.14. The van der Waals surface area contributed by atoms with E-state index in [0.717, 1.165) is 10.5 Å². The van der Waals surface area contributed by atoms with Crippen LogP contribution in [0.15, 0.2) is 60.3 Å². The molecule has 3 rings (SSSR count). The zero-order chi connectivity index (χ0) is 18.5. The summed E-state index contributed by atoms with van der Waals surface area (Å²) in [6, 6.07) is 15.4. The molecule has 1 fully saturated rings. The number of ether oxygens (including phenoxy) is 1. The Hall–Kier alpha value is -3.61. The van der Waals surface area contributed by atoms with Gasteiger partial charge in [-0.05, 0) is 17.7 Å². The maximum atomic E-state index is 12.5. The van der Waals surface area contributed by atoms with Gasteiger partial charge in [0.05, 0.1) is 6.54 Å². The highest BCUT2D eigenvalue weighted by Crippen LogP contribution is 2.23. The van der Waals surface area contributed by atoms with Crippen LogP contribution in [0, 0.1) is 0 Å². The predicted octanol–water partition coefficient (Wildman–Crippen LogP) is 2.24. The van der Waals surface area contributed by atoms with E-state index in [1.165, 1.54) is 6.08 Å². The number of nitrogens with one attached hydrogen (secondary N) is 1. The zero-order valence-corrected chi connectivity index (χ0v) is 13.7. The first-order valence-corrected chi connectivity index (χ1v) is 7.86. The molecule has 2 N–H and O–H groups in total. The minimum absolute atomic E-state index is 0.109. The molecule has 2 aromatic rings. The number of imide groups is 1. The van der Waals surface area contributed by atoms with Crippen molar-refractivity contribution in [1.29, 1.82) is 0 Å². The molecule has 0 aromatic heterocycles. The Kier molecular flexibility index (Phi) is 4.98. The van der Waals surface area contributed by atoms with Crippen LogP contribution >= 0.6 is 0 Å². The quantitative estimate of drug-likeness (QED) is 0.614. The fourth-order valence-corrected chi connectivity index (χ4v) is 2.51. The number of aliphatic carboxylic acids is 1. The summed E-state index contributed by atoms with van der Waals surface area (Å²) in [5, 5.41) is 11.3. The van der Waals surface area contributed by atoms with Crippen LogP contribution < -0.4 is 10.1 Å². The Morgan fingerprint density at radius 2 is 1.77 bits per heavy atom. The van der Waals surface area contributed by atoms with E-state index in [-0.39, 0.29) is 12.2 Å². The third kappa shape index (κ3) is 3.89. The van der Waals surface area contributed by atoms with E-state index < -0.39 is 24.5 Å². The topological polar surface area (TPSA) is 95.9 Å². The summed E-state index contributed by atoms with van der Waals surface area (Å²) >= 11 is 0. The molecule has 1 heterocycles. The van der Waals surface area contributed by atoms with Gasteiger partial charge >= 0.3 is 12.0 Å². The minimum Gasteiger partial charge on any atom is -0.481 e. The summed E-state index contributed by atoms with van der Waals surface area (Å²) in [6.07, 6.45) is 1.47. The van der Waals surface area contributed by atoms with Crippen molar-refractivity contribution in [2.24, 2.45) is 0 Å². The number of carbonyl (C=O) groups excluding carboxylic acids is 2. The third-order valence-electron chi connectivity index (χ3n) is 3.72. The van der Waals surface area contributed by atoms with Crippen molar-refractivity contribution in [2.45, 2.75) is 6.54 Å². The number of carboxylic acids is 1. The molecular formula is C19H16N2O5. The lowest BCUT2D eigenvalue weighted by Gasteiger charge is -2.11. The number of urea groups is 1. The fourth-order valence-electron chi connectivity index (χ4n) is 2.51. The second-order valence-electron chi connectivity index (χ2n) is 5.59. The van der Waals surface area contributed by atoms with E-state index in [4.69, 9.17) is 9.84 Å². The van der Waals surface area contributed by atoms with Crippen molar-refractivity contribution < 1.29 is 24.2 Å². The summed E-state index contributed by atoms with van der Waals surface area (Å²) in [4.78, 5) is 36.5. The van der Waals surface area contributed by atoms with Gasteiger partial charge in [0.1, 0.15) is 11.4 Å². The van der Waals surface area contributed by atoms with Crippen LogP contribution in [-0.2, 0) is 16.1 Å². The molecule has 7 nitrogen and oxygen atoms in total. The number of para-hydroxylation sites is 1. The van der Waals surface area contributed by atoms with Crippen LogP contribution in [0.3, 0.4) is 0 Å². The largest absolute Gasteiger partial charge is 0.481 e. The van der Waals surface area contributed by atoms with E-state index in [9.17, 15) is 14.4 Å². The fraction of sp³-hybridized carbons (Fsp3) is 0.105. The van der Waals surface area contributed by atoms with Crippen molar-refractivity contribution in [3.05, 3.63) is 71.4 Å². The average Bonchev–Trinajstić information content (AvgIpc) is 2.89. The second-order valence-corrected chi connectivity index (χ2v) is 5.59. The van der Waals surface area contributed by atoms with Crippen molar-refractivity contribution in [2.75, 3.05) is 6.61 Å². The molecule has 0 saturated carbocycles. The van der Waals surface area contributed by atoms with Gasteiger partial charge < -0.3 is 15.2 Å². The molecule has 0 bridgehead atoms. The zero-order valence-electron chi connectivity index (χ0n) is 13.7. The van der Waals surface area contributed by atoms with Gasteiger partial charge in [0.2, 0.25) is 0 Å². The van der Waals surface area contributed by atoms with Crippen molar-refractivity contribution in [1.82, 2.24) is 10.2 Å². The number of hydrogen-bond donors (Lipinski definition) is 2. The highest BCUT2D eigenvalue weighted by atomic mass is 16.5. The molecule has 132 valence electrons. The van der Waals surface area contributed by atoms with Crippen molar-refractivity contribution in [3.63, 3.8) is 0 Å². The normalized spacial score (nSPS) is 15.2. The summed E-state index contributed by atoms with van der Waals surface area (Å²) in [5.41, 5.74) is 1.44. The summed E-state index contributed by atoms with van der Waals surface area (Å²) in [5.74, 6) is -1.25. The summed E-state index contributed by atoms with van der Waals surface area (Å²) in [7, 11) is 0. The number of carbonyl (C=O) groups is 3. The van der Waals surface area contributed by atoms with Crippen LogP contribution in [0.25, 0.3) is 6.08 Å². The van der Waals surface area contributed by atoms with Crippen LogP contribution in [0.4, 0.5) is 4.79 Å². The Balaban J connectivity index is 1.81. The van der Waals surface area contributed by atoms with E-state index in [1.54, 1.807) is 24.3 Å². The van der Waals surface area contributed by atoms with E-state index >= 15 is 0 Å². The second kappa shape index (κ2) is 7.52. The molecule has 1 aliphatic heterocycles. The molecule has 3 amide bonds. The molecule has 0 atom stereocenters. The van der Waals surface area contributed by atoms with Gasteiger partial charge in [0.15, 0.2) is 6.61 Å². The standard InChI is InChI=1S/C19H16N2O5/c22-17(23)12-26-16-9-5-4-8-14(16)10-15-18(24)21(19(25)20-15)11-13-6-2-1-3-7-13/h1-10H,11-12H2,(H,20,25)(H,22,23). The summed E-state index contributed by atoms with van der Waals surface area (Å²) < 4.78 is 5.21. The lowest BCUT2D eigenvalue weighted by molar-refractivity contribution is -0.139. The monoisotopic (exact) mass is 352 g/mol. The Bertz CT molecular complexity index is 877. The van der Waals surface area contributed by atoms with Gasteiger partial charge in [-0.1, -0.05) is 48.5 Å². The van der Waals surface area contributed by atoms with Gasteiger partial charge in [-0.3, -0.25) is 9.69 Å². The smallest absolute Gasteiger partial charge is 0.341 e. The maximum Gasteiger partial charge on any atom is 0.341 e. The molecule has 0 spiro atoms. The van der Waals surface area contributed by atoms with Crippen molar-refractivity contribution >= 4 is 24.0 Å². The Morgan fingerprint density at radius 3 is 2.50 bits per heavy atom. The first kappa shape index (κ1) is 17.2. The number of hydrogen-bond acceptors (Lipinski definition) is 4. The molecule has 0 aliphatic carbocycles. The first-order valence-electron chi connectivity index (χ1n) is 7.86. The van der Waals surface area contributed by atoms with Gasteiger partial charge in [-0.25, -0.2) is 9.59 Å². The van der Waals surface area contributed by atoms with Crippen LogP contribution in [0.1, 0.15) is 11.1 Å². The van der Waals surface area contributed by atoms with Gasteiger partial charge in [-0.15, -0.1) is 0 Å². The number of amides is 3. The molecule has 26 heavy (non-hydrogen) atoms. The Morgan fingerprint density at radius 1 is 1.08 bits per heavy atom. The predicted molar refractivity (Wildman–Crippen MR) is 93.1 cm³/mol. The van der Waals surface area contributed by atoms with E-state index in [2.05, 4.69) is 5.32 Å². The number of rotatable bonds is 6. The maximum absolute atomic E-state index is 12.5. The van der Waals surface area contributed by atoms with E-state index in [0.29, 0.717) is 11.3 Å². The lowest BCUT2D eigenvalue weighted by atomic mass is 10.1. The van der Waals surface area contributed by atoms with Gasteiger partial charge in [0.25, 0.3) is 5.91 Å². The number of nitrogens with zero attached hydrogens (tertiary/aromatic N) is 1. The lowest BCUT2D eigenvalue weighted by Crippen LogP contribution is -2.30. The molecule has 2 aromatic carbocycles. The summed E-state index contributed by atoms with van der Waals surface area (Å²) in [6.45, 7) is -0.333. The van der Waals surface area contributed by atoms with Gasteiger partial charge in [-0.2, -0.15) is 0 Å². The first-order chi connectivity index (χ1) is 12.5. The average molecular weight is 352 g/mol. The number of benzene rings is 2. The minimum atomic E-state index is -1.10. The van der Waals surface area contributed by atoms with Gasteiger partial charge in [0, 0.05) is 5.56 Å². The van der Waals surface area contributed by atoms with Crippen molar-refractivity contribution in [3.8, 4) is 5.75 Å². The van der Waals surface area contributed by atoms with Crippen LogP contribution in [0.5, 0.6) is 5.75 Å². The van der Waals surface area contributed by atoms with E-state index in [1.807, 2.05) is 30.3 Å². The molecule has 1 aliphatic rings. The molecule has 1 saturated heterocycles.